The number of aliphatic hydroxyl groups excluding tert-OH is 1. The lowest BCUT2D eigenvalue weighted by Crippen LogP contribution is -2.40. The molecular formula is C41H60N2O3. The zero-order chi connectivity index (χ0) is 32.4. The number of ether oxygens (including phenoxy) is 2. The highest BCUT2D eigenvalue weighted by Crippen LogP contribution is 2.39. The number of hydrogen-bond acceptors (Lipinski definition) is 5. The van der Waals surface area contributed by atoms with Crippen LogP contribution in [0.25, 0.3) is 11.1 Å². The van der Waals surface area contributed by atoms with E-state index in [2.05, 4.69) is 79.4 Å². The molecule has 1 aliphatic heterocycles. The van der Waals surface area contributed by atoms with Crippen LogP contribution in [-0.4, -0.2) is 35.7 Å². The summed E-state index contributed by atoms with van der Waals surface area (Å²) in [6, 6.07) is 25.2. The molecule has 252 valence electrons. The topological polar surface area (TPSA) is 68.0 Å². The van der Waals surface area contributed by atoms with Gasteiger partial charge < -0.3 is 25.2 Å². The zero-order valence-electron chi connectivity index (χ0n) is 28.7. The molecular weight excluding hydrogens is 568 g/mol. The fraction of sp³-hybridized carbons (Fsp3) is 0.561. The molecule has 1 fully saturated rings. The SMILES string of the molecule is CCCCCCCCN(CCCCCCCC)CC1CC(c2ccc(CO)cc2)OC(c2cccc(-c3cccc(CN)c3)c2)O1. The second-order valence-electron chi connectivity index (χ2n) is 13.2. The molecule has 0 amide bonds. The number of aliphatic hydroxyl groups is 1. The van der Waals surface area contributed by atoms with Gasteiger partial charge in [-0.25, -0.2) is 0 Å². The molecule has 5 nitrogen and oxygen atoms in total. The third kappa shape index (κ3) is 11.9. The number of nitrogens with two attached hydrogens (primary N) is 1. The van der Waals surface area contributed by atoms with Gasteiger partial charge >= 0.3 is 0 Å². The van der Waals surface area contributed by atoms with Crippen LogP contribution >= 0.6 is 0 Å². The average molecular weight is 629 g/mol. The molecule has 0 aliphatic carbocycles. The van der Waals surface area contributed by atoms with Crippen molar-refractivity contribution >= 4 is 0 Å². The summed E-state index contributed by atoms with van der Waals surface area (Å²) in [6.45, 7) is 8.33. The van der Waals surface area contributed by atoms with Crippen molar-refractivity contribution < 1.29 is 14.6 Å². The van der Waals surface area contributed by atoms with E-state index in [-0.39, 0.29) is 18.8 Å². The van der Waals surface area contributed by atoms with Gasteiger partial charge in [-0.1, -0.05) is 139 Å². The Morgan fingerprint density at radius 2 is 1.28 bits per heavy atom. The molecule has 0 bridgehead atoms. The minimum atomic E-state index is -0.455. The van der Waals surface area contributed by atoms with Crippen LogP contribution in [0.15, 0.2) is 72.8 Å². The largest absolute Gasteiger partial charge is 0.392 e. The molecule has 0 aromatic heterocycles. The Labute approximate surface area is 279 Å². The first-order valence-corrected chi connectivity index (χ1v) is 18.3. The first-order chi connectivity index (χ1) is 22.6. The van der Waals surface area contributed by atoms with E-state index < -0.39 is 6.29 Å². The molecule has 0 spiro atoms. The van der Waals surface area contributed by atoms with Gasteiger partial charge in [0.15, 0.2) is 6.29 Å². The lowest BCUT2D eigenvalue weighted by atomic mass is 9.98. The monoisotopic (exact) mass is 628 g/mol. The summed E-state index contributed by atoms with van der Waals surface area (Å²) in [4.78, 5) is 2.67. The van der Waals surface area contributed by atoms with Gasteiger partial charge in [-0.2, -0.15) is 0 Å². The van der Waals surface area contributed by atoms with Crippen LogP contribution in [0.4, 0.5) is 0 Å². The van der Waals surface area contributed by atoms with Crippen molar-refractivity contribution in [2.24, 2.45) is 5.73 Å². The Kier molecular flexibility index (Phi) is 16.3. The summed E-state index contributed by atoms with van der Waals surface area (Å²) >= 11 is 0. The van der Waals surface area contributed by atoms with Crippen molar-refractivity contribution in [3.8, 4) is 11.1 Å². The Morgan fingerprint density at radius 3 is 1.91 bits per heavy atom. The highest BCUT2D eigenvalue weighted by molar-refractivity contribution is 5.65. The number of hydrogen-bond donors (Lipinski definition) is 2. The Morgan fingerprint density at radius 1 is 0.674 bits per heavy atom. The molecule has 0 saturated carbocycles. The Hall–Kier alpha value is -2.54. The highest BCUT2D eigenvalue weighted by atomic mass is 16.7. The van der Waals surface area contributed by atoms with Gasteiger partial charge in [-0.3, -0.25) is 0 Å². The smallest absolute Gasteiger partial charge is 0.184 e. The van der Waals surface area contributed by atoms with Crippen molar-refractivity contribution in [1.29, 1.82) is 0 Å². The van der Waals surface area contributed by atoms with Crippen LogP contribution in [0, 0.1) is 0 Å². The maximum atomic E-state index is 9.62. The second-order valence-corrected chi connectivity index (χ2v) is 13.2. The second kappa shape index (κ2) is 20.6. The van der Waals surface area contributed by atoms with Gasteiger partial charge in [0.2, 0.25) is 0 Å². The summed E-state index contributed by atoms with van der Waals surface area (Å²) < 4.78 is 13.6. The summed E-state index contributed by atoms with van der Waals surface area (Å²) in [5.41, 5.74) is 12.4. The third-order valence-electron chi connectivity index (χ3n) is 9.39. The number of unbranched alkanes of at least 4 members (excludes halogenated alkanes) is 10. The van der Waals surface area contributed by atoms with Crippen LogP contribution in [0.2, 0.25) is 0 Å². The Balaban J connectivity index is 1.50. The van der Waals surface area contributed by atoms with Gasteiger partial charge in [0.25, 0.3) is 0 Å². The fourth-order valence-electron chi connectivity index (χ4n) is 6.59. The number of benzene rings is 3. The van der Waals surface area contributed by atoms with Crippen LogP contribution < -0.4 is 5.73 Å². The lowest BCUT2D eigenvalue weighted by molar-refractivity contribution is -0.253. The van der Waals surface area contributed by atoms with Crippen molar-refractivity contribution in [3.05, 3.63) is 95.1 Å². The predicted octanol–water partition coefficient (Wildman–Crippen LogP) is 9.87. The molecule has 1 saturated heterocycles. The standard InChI is InChI=1S/C41H60N2O3/c1-3-5-7-9-11-13-25-43(26-14-12-10-8-6-4-2)31-39-29-40(35-23-21-33(32-44)22-24-35)46-41(45-39)38-20-16-19-37(28-38)36-18-15-17-34(27-36)30-42/h15-24,27-28,39-41,44H,3-14,25-26,29-32,42H2,1-2H3. The molecule has 46 heavy (non-hydrogen) atoms. The average Bonchev–Trinajstić information content (AvgIpc) is 3.11. The molecule has 4 rings (SSSR count). The molecule has 1 heterocycles. The van der Waals surface area contributed by atoms with E-state index >= 15 is 0 Å². The highest BCUT2D eigenvalue weighted by Gasteiger charge is 2.33. The van der Waals surface area contributed by atoms with Gasteiger partial charge in [0, 0.05) is 25.1 Å². The van der Waals surface area contributed by atoms with Crippen LogP contribution in [0.5, 0.6) is 0 Å². The molecule has 3 aromatic carbocycles. The summed E-state index contributed by atoms with van der Waals surface area (Å²) in [5, 5.41) is 9.62. The van der Waals surface area contributed by atoms with E-state index in [0.29, 0.717) is 6.54 Å². The van der Waals surface area contributed by atoms with E-state index in [1.165, 1.54) is 77.0 Å². The molecule has 0 radical (unpaired) electrons. The van der Waals surface area contributed by atoms with Crippen LogP contribution in [-0.2, 0) is 22.6 Å². The quantitative estimate of drug-likeness (QED) is 0.115. The van der Waals surface area contributed by atoms with E-state index in [1.54, 1.807) is 0 Å². The van der Waals surface area contributed by atoms with E-state index in [9.17, 15) is 5.11 Å². The Bertz CT molecular complexity index is 1230. The lowest BCUT2D eigenvalue weighted by Gasteiger charge is -2.38. The molecule has 3 N–H and O–H groups in total. The number of rotatable bonds is 21. The first kappa shape index (κ1) is 36.3. The predicted molar refractivity (Wildman–Crippen MR) is 191 cm³/mol. The molecule has 3 aromatic rings. The van der Waals surface area contributed by atoms with Crippen LogP contribution in [0.1, 0.15) is 132 Å². The van der Waals surface area contributed by atoms with Crippen molar-refractivity contribution in [2.45, 2.75) is 129 Å². The van der Waals surface area contributed by atoms with E-state index in [1.807, 2.05) is 12.1 Å². The molecule has 1 aliphatic rings. The molecule has 3 unspecified atom stereocenters. The summed E-state index contributed by atoms with van der Waals surface area (Å²) in [5.74, 6) is 0. The fourth-order valence-corrected chi connectivity index (χ4v) is 6.59. The van der Waals surface area contributed by atoms with Crippen LogP contribution in [0.3, 0.4) is 0 Å². The van der Waals surface area contributed by atoms with Crippen molar-refractivity contribution in [3.63, 3.8) is 0 Å². The van der Waals surface area contributed by atoms with Crippen molar-refractivity contribution in [2.75, 3.05) is 19.6 Å². The number of nitrogens with zero attached hydrogens (tertiary/aromatic N) is 1. The zero-order valence-corrected chi connectivity index (χ0v) is 28.7. The van der Waals surface area contributed by atoms with E-state index in [0.717, 1.165) is 59.4 Å². The minimum absolute atomic E-state index is 0.0458. The van der Waals surface area contributed by atoms with Gasteiger partial charge in [-0.05, 0) is 65.9 Å². The molecule has 3 atom stereocenters. The van der Waals surface area contributed by atoms with E-state index in [4.69, 9.17) is 15.2 Å². The summed E-state index contributed by atoms with van der Waals surface area (Å²) in [6.07, 6.45) is 16.1. The minimum Gasteiger partial charge on any atom is -0.392 e. The third-order valence-corrected chi connectivity index (χ3v) is 9.39. The summed E-state index contributed by atoms with van der Waals surface area (Å²) in [7, 11) is 0. The molecule has 5 heteroatoms. The maximum absolute atomic E-state index is 9.62. The van der Waals surface area contributed by atoms with Gasteiger partial charge in [0.05, 0.1) is 18.8 Å². The first-order valence-electron chi connectivity index (χ1n) is 18.3. The van der Waals surface area contributed by atoms with Crippen molar-refractivity contribution in [1.82, 2.24) is 4.90 Å². The van der Waals surface area contributed by atoms with Gasteiger partial charge in [0.1, 0.15) is 0 Å². The van der Waals surface area contributed by atoms with Gasteiger partial charge in [-0.15, -0.1) is 0 Å². The normalized spacial score (nSPS) is 18.3. The maximum Gasteiger partial charge on any atom is 0.184 e.